The smallest absolute Gasteiger partial charge is 0.324 e. The Morgan fingerprint density at radius 1 is 1.20 bits per heavy atom. The molecule has 0 aliphatic carbocycles. The molecule has 3 rings (SSSR count). The number of thiophene rings is 1. The third kappa shape index (κ3) is 5.30. The molecule has 0 spiro atoms. The van der Waals surface area contributed by atoms with Crippen LogP contribution >= 0.6 is 22.9 Å². The summed E-state index contributed by atoms with van der Waals surface area (Å²) in [7, 11) is 0. The molecular weight excluding hydrogens is 491 g/mol. The zero-order valence-electron chi connectivity index (χ0n) is 21.1. The predicted octanol–water partition coefficient (Wildman–Crippen LogP) is 5.87. The Balaban J connectivity index is 1.93. The maximum Gasteiger partial charge on any atom is 0.324 e. The second-order valence-corrected chi connectivity index (χ2v) is 11.5. The number of carbonyl (C=O) groups is 3. The first kappa shape index (κ1) is 26.9. The molecule has 1 aromatic heterocycles. The van der Waals surface area contributed by atoms with Crippen LogP contribution in [0.1, 0.15) is 62.3 Å². The van der Waals surface area contributed by atoms with E-state index in [1.54, 1.807) is 29.7 Å². The maximum absolute atomic E-state index is 13.7. The second-order valence-electron chi connectivity index (χ2n) is 10.1. The first-order valence-electron chi connectivity index (χ1n) is 11.5. The lowest BCUT2D eigenvalue weighted by Crippen LogP contribution is -2.64. The highest BCUT2D eigenvalue weighted by Gasteiger charge is 2.44. The molecule has 0 saturated carbocycles. The van der Waals surface area contributed by atoms with Crippen molar-refractivity contribution in [3.05, 3.63) is 45.0 Å². The lowest BCUT2D eigenvalue weighted by atomic mass is 9.93. The summed E-state index contributed by atoms with van der Waals surface area (Å²) in [5, 5.41) is 5.87. The molecule has 0 bridgehead atoms. The summed E-state index contributed by atoms with van der Waals surface area (Å²) in [6, 6.07) is 3.78. The summed E-state index contributed by atoms with van der Waals surface area (Å²) >= 11 is 7.49. The Morgan fingerprint density at radius 3 is 2.46 bits per heavy atom. The van der Waals surface area contributed by atoms with Crippen molar-refractivity contribution >= 4 is 51.5 Å². The predicted molar refractivity (Wildman–Crippen MR) is 139 cm³/mol. The molecule has 4 amide bonds. The molecule has 2 aromatic rings. The first-order valence-corrected chi connectivity index (χ1v) is 12.7. The van der Waals surface area contributed by atoms with Crippen molar-refractivity contribution in [1.29, 1.82) is 0 Å². The van der Waals surface area contributed by atoms with Gasteiger partial charge in [-0.3, -0.25) is 14.9 Å². The Kier molecular flexibility index (Phi) is 7.53. The van der Waals surface area contributed by atoms with Gasteiger partial charge in [-0.25, -0.2) is 9.18 Å². The summed E-state index contributed by atoms with van der Waals surface area (Å²) in [5.74, 6) is -0.904. The van der Waals surface area contributed by atoms with Crippen molar-refractivity contribution in [2.45, 2.75) is 59.4 Å². The van der Waals surface area contributed by atoms with Gasteiger partial charge in [0, 0.05) is 30.1 Å². The van der Waals surface area contributed by atoms with Crippen LogP contribution < -0.4 is 10.6 Å². The van der Waals surface area contributed by atoms with Crippen LogP contribution in [0.2, 0.25) is 5.02 Å². The molecule has 0 atom stereocenters. The number of nitrogens with one attached hydrogen (secondary N) is 2. The maximum atomic E-state index is 13.7. The second kappa shape index (κ2) is 9.78. The van der Waals surface area contributed by atoms with Gasteiger partial charge in [-0.05, 0) is 51.3 Å². The molecule has 1 aliphatic rings. The molecule has 190 valence electrons. The van der Waals surface area contributed by atoms with Gasteiger partial charge in [0.15, 0.2) is 0 Å². The Hall–Kier alpha value is -2.65. The van der Waals surface area contributed by atoms with Crippen molar-refractivity contribution in [3.8, 4) is 0 Å². The van der Waals surface area contributed by atoms with E-state index >= 15 is 0 Å². The minimum Gasteiger partial charge on any atom is -0.339 e. The van der Waals surface area contributed by atoms with Gasteiger partial charge in [-0.2, -0.15) is 0 Å². The summed E-state index contributed by atoms with van der Waals surface area (Å²) in [6.07, 6.45) is 0. The van der Waals surface area contributed by atoms with E-state index in [0.29, 0.717) is 30.2 Å². The molecule has 2 heterocycles. The largest absolute Gasteiger partial charge is 0.339 e. The average molecular weight is 523 g/mol. The minimum atomic E-state index is -1.02. The minimum absolute atomic E-state index is 0.104. The standard InChI is InChI=1S/C25H32ClFN4O3S/c1-8-30-11-12-31(25(6,7)22(30)33)21(32)15-13-18(24(3,4)5)35-20(15)29-23(34)28-17-10-9-16(27)14(2)19(17)26/h9-10,13H,8,11-12H2,1-7H3,(H2,28,29,34). The van der Waals surface area contributed by atoms with Crippen LogP contribution in [0.3, 0.4) is 0 Å². The normalized spacial score (nSPS) is 15.9. The van der Waals surface area contributed by atoms with E-state index in [1.807, 2.05) is 27.7 Å². The fourth-order valence-electron chi connectivity index (χ4n) is 3.93. The quantitative estimate of drug-likeness (QED) is 0.526. The zero-order valence-corrected chi connectivity index (χ0v) is 22.7. The summed E-state index contributed by atoms with van der Waals surface area (Å²) in [6.45, 7) is 14.4. The molecule has 1 aliphatic heterocycles. The van der Waals surface area contributed by atoms with Gasteiger partial charge in [-0.1, -0.05) is 32.4 Å². The number of halogens is 2. The van der Waals surface area contributed by atoms with E-state index in [0.717, 1.165) is 4.88 Å². The number of hydrogen-bond acceptors (Lipinski definition) is 4. The molecule has 1 fully saturated rings. The van der Waals surface area contributed by atoms with Gasteiger partial charge in [0.2, 0.25) is 5.91 Å². The Bertz CT molecular complexity index is 1170. The number of nitrogens with zero attached hydrogens (tertiary/aromatic N) is 2. The third-order valence-corrected chi connectivity index (χ3v) is 8.17. The van der Waals surface area contributed by atoms with Crippen molar-refractivity contribution in [1.82, 2.24) is 9.80 Å². The fourth-order valence-corrected chi connectivity index (χ4v) is 5.24. The zero-order chi connectivity index (χ0) is 26.3. The van der Waals surface area contributed by atoms with Crippen LogP contribution in [0.25, 0.3) is 0 Å². The number of benzene rings is 1. The summed E-state index contributed by atoms with van der Waals surface area (Å²) in [4.78, 5) is 43.7. The average Bonchev–Trinajstić information content (AvgIpc) is 3.20. The van der Waals surface area contributed by atoms with Crippen molar-refractivity contribution in [2.75, 3.05) is 30.3 Å². The van der Waals surface area contributed by atoms with E-state index in [2.05, 4.69) is 10.6 Å². The van der Waals surface area contributed by atoms with Crippen molar-refractivity contribution in [2.24, 2.45) is 0 Å². The van der Waals surface area contributed by atoms with Crippen LogP contribution in [-0.2, 0) is 10.2 Å². The highest BCUT2D eigenvalue weighted by molar-refractivity contribution is 7.16. The number of piperazine rings is 1. The summed E-state index contributed by atoms with van der Waals surface area (Å²) in [5.41, 5.74) is -0.481. The monoisotopic (exact) mass is 522 g/mol. The van der Waals surface area contributed by atoms with Crippen LogP contribution in [0.15, 0.2) is 18.2 Å². The van der Waals surface area contributed by atoms with Crippen LogP contribution in [-0.4, -0.2) is 52.8 Å². The number of urea groups is 1. The van der Waals surface area contributed by atoms with E-state index in [4.69, 9.17) is 11.6 Å². The molecular formula is C25H32ClFN4O3S. The van der Waals surface area contributed by atoms with E-state index in [-0.39, 0.29) is 33.5 Å². The number of rotatable bonds is 4. The molecule has 1 aromatic carbocycles. The Labute approximate surface area is 214 Å². The van der Waals surface area contributed by atoms with Crippen LogP contribution in [0.5, 0.6) is 0 Å². The van der Waals surface area contributed by atoms with Crippen LogP contribution in [0.4, 0.5) is 19.9 Å². The Morgan fingerprint density at radius 2 is 1.86 bits per heavy atom. The van der Waals surface area contributed by atoms with E-state index in [1.165, 1.54) is 30.4 Å². The number of anilines is 2. The molecule has 1 saturated heterocycles. The number of amides is 4. The number of carbonyl (C=O) groups excluding carboxylic acids is 3. The van der Waals surface area contributed by atoms with Gasteiger partial charge in [0.05, 0.1) is 16.3 Å². The topological polar surface area (TPSA) is 81.8 Å². The lowest BCUT2D eigenvalue weighted by molar-refractivity contribution is -0.146. The van der Waals surface area contributed by atoms with Crippen molar-refractivity contribution < 1.29 is 18.8 Å². The van der Waals surface area contributed by atoms with Gasteiger partial charge in [0.1, 0.15) is 16.4 Å². The molecule has 0 radical (unpaired) electrons. The molecule has 7 nitrogen and oxygen atoms in total. The van der Waals surface area contributed by atoms with Gasteiger partial charge < -0.3 is 15.1 Å². The van der Waals surface area contributed by atoms with Gasteiger partial charge in [0.25, 0.3) is 5.91 Å². The van der Waals surface area contributed by atoms with Gasteiger partial charge in [-0.15, -0.1) is 11.3 Å². The highest BCUT2D eigenvalue weighted by atomic mass is 35.5. The van der Waals surface area contributed by atoms with E-state index in [9.17, 15) is 18.8 Å². The molecule has 2 N–H and O–H groups in total. The first-order chi connectivity index (χ1) is 16.2. The van der Waals surface area contributed by atoms with Crippen LogP contribution in [0, 0.1) is 12.7 Å². The van der Waals surface area contributed by atoms with E-state index < -0.39 is 17.4 Å². The summed E-state index contributed by atoms with van der Waals surface area (Å²) < 4.78 is 13.7. The lowest BCUT2D eigenvalue weighted by Gasteiger charge is -2.45. The highest BCUT2D eigenvalue weighted by Crippen LogP contribution is 2.38. The van der Waals surface area contributed by atoms with Crippen molar-refractivity contribution in [3.63, 3.8) is 0 Å². The molecule has 35 heavy (non-hydrogen) atoms. The van der Waals surface area contributed by atoms with Gasteiger partial charge >= 0.3 is 6.03 Å². The number of likely N-dealkylation sites (N-methyl/N-ethyl adjacent to an activating group) is 1. The molecule has 0 unspecified atom stereocenters. The SMILES string of the molecule is CCN1CCN(C(=O)c2cc(C(C)(C)C)sc2NC(=O)Nc2ccc(F)c(C)c2Cl)C(C)(C)C1=O. The number of hydrogen-bond donors (Lipinski definition) is 2. The third-order valence-electron chi connectivity index (χ3n) is 6.20. The molecule has 10 heteroatoms. The fraction of sp³-hybridized carbons (Fsp3) is 0.480.